The monoisotopic (exact) mass is 488 g/mol. The molecule has 0 radical (unpaired) electrons. The second kappa shape index (κ2) is 10.1. The number of carbonyl (C=O) groups is 1. The molecule has 0 atom stereocenters. The fourth-order valence-electron chi connectivity index (χ4n) is 3.63. The van der Waals surface area contributed by atoms with Gasteiger partial charge in [-0.1, -0.05) is 29.3 Å². The Morgan fingerprint density at radius 1 is 1.24 bits per heavy atom. The summed E-state index contributed by atoms with van der Waals surface area (Å²) < 4.78 is 0. The van der Waals surface area contributed by atoms with E-state index in [-0.39, 0.29) is 34.8 Å². The first-order valence-electron chi connectivity index (χ1n) is 10.3. The predicted molar refractivity (Wildman–Crippen MR) is 128 cm³/mol. The SMILES string of the molecule is N=Cc1nc(NCc2ccc(Cl)c(Cl)c2)[nH]c(=O)c1NC1CCN(C(=O)c2cc[nH]n2)CC1. The minimum Gasteiger partial charge on any atom is -0.376 e. The summed E-state index contributed by atoms with van der Waals surface area (Å²) in [6.45, 7) is 1.45. The normalized spacial score (nSPS) is 14.2. The largest absolute Gasteiger partial charge is 0.376 e. The number of halogens is 2. The van der Waals surface area contributed by atoms with E-state index < -0.39 is 0 Å². The molecular weight excluding hydrogens is 467 g/mol. The van der Waals surface area contributed by atoms with E-state index in [1.54, 1.807) is 29.3 Å². The van der Waals surface area contributed by atoms with Gasteiger partial charge in [-0.2, -0.15) is 5.10 Å². The maximum absolute atomic E-state index is 12.7. The highest BCUT2D eigenvalue weighted by Crippen LogP contribution is 2.23. The molecule has 5 N–H and O–H groups in total. The van der Waals surface area contributed by atoms with Gasteiger partial charge in [0.2, 0.25) is 5.95 Å². The first-order chi connectivity index (χ1) is 15.9. The number of hydrogen-bond donors (Lipinski definition) is 5. The van der Waals surface area contributed by atoms with Gasteiger partial charge in [0, 0.05) is 38.1 Å². The van der Waals surface area contributed by atoms with E-state index in [4.69, 9.17) is 28.6 Å². The van der Waals surface area contributed by atoms with Gasteiger partial charge in [0.25, 0.3) is 11.5 Å². The van der Waals surface area contributed by atoms with E-state index >= 15 is 0 Å². The molecule has 4 rings (SSSR count). The van der Waals surface area contributed by atoms with Crippen LogP contribution in [-0.2, 0) is 6.54 Å². The molecule has 2 aromatic heterocycles. The van der Waals surface area contributed by atoms with Crippen molar-refractivity contribution in [2.24, 2.45) is 0 Å². The lowest BCUT2D eigenvalue weighted by atomic mass is 10.0. The van der Waals surface area contributed by atoms with Crippen LogP contribution < -0.4 is 16.2 Å². The quantitative estimate of drug-likeness (QED) is 0.323. The van der Waals surface area contributed by atoms with E-state index in [1.807, 2.05) is 6.07 Å². The third kappa shape index (κ3) is 5.35. The molecule has 1 saturated heterocycles. The van der Waals surface area contributed by atoms with Crippen LogP contribution in [0.3, 0.4) is 0 Å². The number of nitrogens with one attached hydrogen (secondary N) is 5. The van der Waals surface area contributed by atoms with E-state index in [0.717, 1.165) is 11.8 Å². The number of hydrogen-bond acceptors (Lipinski definition) is 7. The lowest BCUT2D eigenvalue weighted by Crippen LogP contribution is -2.43. The molecule has 1 aliphatic rings. The van der Waals surface area contributed by atoms with Gasteiger partial charge in [-0.15, -0.1) is 0 Å². The Labute approximate surface area is 199 Å². The van der Waals surface area contributed by atoms with Gasteiger partial charge in [-0.05, 0) is 36.6 Å². The first-order valence-corrected chi connectivity index (χ1v) is 11.1. The average Bonchev–Trinajstić information content (AvgIpc) is 3.36. The highest BCUT2D eigenvalue weighted by Gasteiger charge is 2.25. The number of aromatic amines is 2. The molecule has 0 saturated carbocycles. The topological polar surface area (TPSA) is 143 Å². The van der Waals surface area contributed by atoms with Crippen molar-refractivity contribution in [2.75, 3.05) is 23.7 Å². The first kappa shape index (κ1) is 22.8. The van der Waals surface area contributed by atoms with Crippen LogP contribution in [0.25, 0.3) is 0 Å². The zero-order valence-electron chi connectivity index (χ0n) is 17.5. The standard InChI is InChI=1S/C21H22Cl2N8O2/c22-14-2-1-12(9-15(14)23)11-25-21-28-17(10-24)18(19(32)29-21)27-13-4-7-31(8-5-13)20(33)16-3-6-26-30-16/h1-3,6,9-10,13,24,27H,4-5,7-8,11H2,(H,26,30)(H2,25,28,29,32). The fourth-order valence-corrected chi connectivity index (χ4v) is 3.95. The molecule has 1 amide bonds. The van der Waals surface area contributed by atoms with Gasteiger partial charge in [0.15, 0.2) is 0 Å². The zero-order valence-corrected chi connectivity index (χ0v) is 19.0. The Hall–Kier alpha value is -3.37. The van der Waals surface area contributed by atoms with E-state index in [1.165, 1.54) is 0 Å². The van der Waals surface area contributed by atoms with Crippen molar-refractivity contribution in [2.45, 2.75) is 25.4 Å². The van der Waals surface area contributed by atoms with Gasteiger partial charge in [0.05, 0.1) is 10.0 Å². The van der Waals surface area contributed by atoms with Crippen LogP contribution in [0.2, 0.25) is 10.0 Å². The minimum atomic E-state index is -0.379. The van der Waals surface area contributed by atoms with Crippen LogP contribution in [0.4, 0.5) is 11.6 Å². The molecule has 3 aromatic rings. The summed E-state index contributed by atoms with van der Waals surface area (Å²) in [5.41, 5.74) is 1.33. The summed E-state index contributed by atoms with van der Waals surface area (Å²) in [4.78, 5) is 33.9. The number of piperidine rings is 1. The van der Waals surface area contributed by atoms with Crippen LogP contribution >= 0.6 is 23.2 Å². The summed E-state index contributed by atoms with van der Waals surface area (Å²) in [6, 6.07) is 6.86. The number of H-pyrrole nitrogens is 2. The maximum Gasteiger partial charge on any atom is 0.276 e. The molecular formula is C21H22Cl2N8O2. The van der Waals surface area contributed by atoms with Crippen LogP contribution in [-0.4, -0.2) is 56.3 Å². The molecule has 0 spiro atoms. The number of rotatable bonds is 7. The van der Waals surface area contributed by atoms with E-state index in [0.29, 0.717) is 48.2 Å². The van der Waals surface area contributed by atoms with Crippen molar-refractivity contribution < 1.29 is 4.79 Å². The Bertz CT molecular complexity index is 1200. The number of amides is 1. The third-order valence-electron chi connectivity index (χ3n) is 5.38. The number of carbonyl (C=O) groups excluding carboxylic acids is 1. The number of nitrogens with zero attached hydrogens (tertiary/aromatic N) is 3. The van der Waals surface area contributed by atoms with Gasteiger partial charge < -0.3 is 20.9 Å². The average molecular weight is 489 g/mol. The summed E-state index contributed by atoms with van der Waals surface area (Å²) in [5.74, 6) is 0.126. The Kier molecular flexibility index (Phi) is 6.95. The summed E-state index contributed by atoms with van der Waals surface area (Å²) in [6.07, 6.45) is 3.97. The number of aromatic nitrogens is 4. The molecule has 1 aliphatic heterocycles. The number of benzene rings is 1. The van der Waals surface area contributed by atoms with Gasteiger partial charge in [-0.25, -0.2) is 4.98 Å². The van der Waals surface area contributed by atoms with Crippen molar-refractivity contribution in [1.29, 1.82) is 5.41 Å². The highest BCUT2D eigenvalue weighted by atomic mass is 35.5. The number of likely N-dealkylation sites (tertiary alicyclic amines) is 1. The number of anilines is 2. The molecule has 1 fully saturated rings. The van der Waals surface area contributed by atoms with E-state index in [9.17, 15) is 9.59 Å². The second-order valence-electron chi connectivity index (χ2n) is 7.59. The Balaban J connectivity index is 1.39. The highest BCUT2D eigenvalue weighted by molar-refractivity contribution is 6.42. The molecule has 10 nitrogen and oxygen atoms in total. The molecule has 12 heteroatoms. The lowest BCUT2D eigenvalue weighted by molar-refractivity contribution is 0.0712. The molecule has 0 aliphatic carbocycles. The summed E-state index contributed by atoms with van der Waals surface area (Å²) in [7, 11) is 0. The second-order valence-corrected chi connectivity index (χ2v) is 8.41. The summed E-state index contributed by atoms with van der Waals surface area (Å²) in [5, 5.41) is 21.4. The van der Waals surface area contributed by atoms with Crippen molar-refractivity contribution in [3.8, 4) is 0 Å². The van der Waals surface area contributed by atoms with Crippen molar-refractivity contribution in [1.82, 2.24) is 25.1 Å². The lowest BCUT2D eigenvalue weighted by Gasteiger charge is -2.32. The Morgan fingerprint density at radius 3 is 2.70 bits per heavy atom. The van der Waals surface area contributed by atoms with Crippen LogP contribution in [0.15, 0.2) is 35.3 Å². The van der Waals surface area contributed by atoms with Crippen LogP contribution in [0.1, 0.15) is 34.6 Å². The fraction of sp³-hybridized carbons (Fsp3) is 0.286. The Morgan fingerprint density at radius 2 is 2.03 bits per heavy atom. The van der Waals surface area contributed by atoms with Crippen molar-refractivity contribution >= 4 is 47.0 Å². The van der Waals surface area contributed by atoms with Gasteiger partial charge >= 0.3 is 0 Å². The van der Waals surface area contributed by atoms with Gasteiger partial charge in [0.1, 0.15) is 17.1 Å². The van der Waals surface area contributed by atoms with Gasteiger partial charge in [-0.3, -0.25) is 19.7 Å². The van der Waals surface area contributed by atoms with E-state index in [2.05, 4.69) is 30.8 Å². The van der Waals surface area contributed by atoms with Crippen LogP contribution in [0.5, 0.6) is 0 Å². The molecule has 1 aromatic carbocycles. The molecule has 0 unspecified atom stereocenters. The zero-order chi connectivity index (χ0) is 23.4. The third-order valence-corrected chi connectivity index (χ3v) is 6.12. The van der Waals surface area contributed by atoms with Crippen molar-refractivity contribution in [3.63, 3.8) is 0 Å². The maximum atomic E-state index is 12.7. The van der Waals surface area contributed by atoms with Crippen LogP contribution in [0, 0.1) is 5.41 Å². The molecule has 0 bridgehead atoms. The summed E-state index contributed by atoms with van der Waals surface area (Å²) >= 11 is 12.0. The molecule has 3 heterocycles. The smallest absolute Gasteiger partial charge is 0.276 e. The minimum absolute atomic E-state index is 0.0233. The molecule has 172 valence electrons. The van der Waals surface area contributed by atoms with Crippen molar-refractivity contribution in [3.05, 3.63) is 67.8 Å². The molecule has 33 heavy (non-hydrogen) atoms. The predicted octanol–water partition coefficient (Wildman–Crippen LogP) is 3.13.